The van der Waals surface area contributed by atoms with E-state index in [0.29, 0.717) is 18.0 Å². The van der Waals surface area contributed by atoms with Gasteiger partial charge in [0.2, 0.25) is 5.95 Å². The van der Waals surface area contributed by atoms with Crippen LogP contribution in [0.25, 0.3) is 0 Å². The highest BCUT2D eigenvalue weighted by molar-refractivity contribution is 6.30. The number of hydrogen-bond acceptors (Lipinski definition) is 4. The second kappa shape index (κ2) is 8.55. The second-order valence-corrected chi connectivity index (χ2v) is 6.09. The number of anilines is 2. The molecule has 0 saturated carbocycles. The van der Waals surface area contributed by atoms with E-state index in [1.807, 2.05) is 18.2 Å². The normalized spacial score (nSPS) is 10.5. The van der Waals surface area contributed by atoms with Gasteiger partial charge in [-0.25, -0.2) is 18.7 Å². The van der Waals surface area contributed by atoms with Crippen molar-refractivity contribution < 1.29 is 13.6 Å². The quantitative estimate of drug-likeness (QED) is 0.666. The predicted octanol–water partition coefficient (Wildman–Crippen LogP) is 4.12. The van der Waals surface area contributed by atoms with Crippen molar-refractivity contribution in [2.45, 2.75) is 6.42 Å². The van der Waals surface area contributed by atoms with Crippen molar-refractivity contribution in [3.05, 3.63) is 82.6 Å². The van der Waals surface area contributed by atoms with Crippen LogP contribution in [-0.2, 0) is 6.42 Å². The van der Waals surface area contributed by atoms with Crippen LogP contribution in [0.2, 0.25) is 5.02 Å². The van der Waals surface area contributed by atoms with Crippen molar-refractivity contribution in [1.82, 2.24) is 15.3 Å². The van der Waals surface area contributed by atoms with Gasteiger partial charge in [-0.3, -0.25) is 4.79 Å². The van der Waals surface area contributed by atoms with Crippen LogP contribution in [0.4, 0.5) is 20.4 Å². The van der Waals surface area contributed by atoms with E-state index >= 15 is 0 Å². The van der Waals surface area contributed by atoms with Crippen molar-refractivity contribution in [3.63, 3.8) is 0 Å². The molecule has 0 aliphatic rings. The number of carbonyl (C=O) groups excluding carboxylic acids is 1. The Kier molecular flexibility index (Phi) is 5.93. The molecule has 0 atom stereocenters. The van der Waals surface area contributed by atoms with Gasteiger partial charge >= 0.3 is 0 Å². The Morgan fingerprint density at radius 2 is 1.93 bits per heavy atom. The van der Waals surface area contributed by atoms with E-state index in [1.54, 1.807) is 6.07 Å². The third kappa shape index (κ3) is 5.21. The van der Waals surface area contributed by atoms with E-state index < -0.39 is 11.6 Å². The molecule has 0 aliphatic carbocycles. The molecule has 0 spiro atoms. The van der Waals surface area contributed by atoms with Gasteiger partial charge in [0.1, 0.15) is 5.69 Å². The van der Waals surface area contributed by atoms with E-state index in [9.17, 15) is 13.6 Å². The first-order chi connectivity index (χ1) is 13.0. The summed E-state index contributed by atoms with van der Waals surface area (Å²) in [6, 6.07) is 12.2. The van der Waals surface area contributed by atoms with Gasteiger partial charge < -0.3 is 10.6 Å². The Labute approximate surface area is 159 Å². The molecule has 3 rings (SSSR count). The summed E-state index contributed by atoms with van der Waals surface area (Å²) in [6.07, 6.45) is 2.03. The van der Waals surface area contributed by atoms with Crippen LogP contribution in [-0.4, -0.2) is 22.4 Å². The molecule has 1 heterocycles. The SMILES string of the molecule is O=C(NCCc1cccc(Cl)c1)c1ccnc(Nc2ccc(F)c(F)c2)n1. The van der Waals surface area contributed by atoms with Crippen LogP contribution in [0.3, 0.4) is 0 Å². The number of nitrogens with zero attached hydrogens (tertiary/aromatic N) is 2. The summed E-state index contributed by atoms with van der Waals surface area (Å²) in [5.41, 5.74) is 1.43. The minimum atomic E-state index is -0.991. The lowest BCUT2D eigenvalue weighted by atomic mass is 10.1. The van der Waals surface area contributed by atoms with E-state index in [4.69, 9.17) is 11.6 Å². The van der Waals surface area contributed by atoms with Crippen LogP contribution >= 0.6 is 11.6 Å². The van der Waals surface area contributed by atoms with Gasteiger partial charge in [0.05, 0.1) is 0 Å². The summed E-state index contributed by atoms with van der Waals surface area (Å²) in [5, 5.41) is 6.14. The highest BCUT2D eigenvalue weighted by Crippen LogP contribution is 2.16. The molecule has 8 heteroatoms. The lowest BCUT2D eigenvalue weighted by Gasteiger charge is -2.08. The molecule has 27 heavy (non-hydrogen) atoms. The largest absolute Gasteiger partial charge is 0.350 e. The lowest BCUT2D eigenvalue weighted by Crippen LogP contribution is -2.26. The Balaban J connectivity index is 1.60. The van der Waals surface area contributed by atoms with Crippen LogP contribution in [0.1, 0.15) is 16.1 Å². The number of nitrogens with one attached hydrogen (secondary N) is 2. The maximum absolute atomic E-state index is 13.3. The molecule has 1 aromatic heterocycles. The molecular weight excluding hydrogens is 374 g/mol. The van der Waals surface area contributed by atoms with Crippen LogP contribution in [0, 0.1) is 11.6 Å². The second-order valence-electron chi connectivity index (χ2n) is 5.66. The Morgan fingerprint density at radius 3 is 2.70 bits per heavy atom. The molecule has 0 radical (unpaired) electrons. The Bertz CT molecular complexity index is 968. The Morgan fingerprint density at radius 1 is 1.07 bits per heavy atom. The average molecular weight is 389 g/mol. The third-order valence-electron chi connectivity index (χ3n) is 3.65. The molecule has 3 aromatic rings. The molecule has 1 amide bonds. The molecule has 2 N–H and O–H groups in total. The van der Waals surface area contributed by atoms with Crippen LogP contribution in [0.5, 0.6) is 0 Å². The fourth-order valence-corrected chi connectivity index (χ4v) is 2.56. The molecule has 0 saturated heterocycles. The highest BCUT2D eigenvalue weighted by Gasteiger charge is 2.09. The van der Waals surface area contributed by atoms with E-state index in [-0.39, 0.29) is 23.2 Å². The predicted molar refractivity (Wildman–Crippen MR) is 99.2 cm³/mol. The lowest BCUT2D eigenvalue weighted by molar-refractivity contribution is 0.0949. The topological polar surface area (TPSA) is 66.9 Å². The zero-order valence-electron chi connectivity index (χ0n) is 14.0. The fraction of sp³-hybridized carbons (Fsp3) is 0.105. The number of hydrogen-bond donors (Lipinski definition) is 2. The summed E-state index contributed by atoms with van der Waals surface area (Å²) < 4.78 is 26.2. The third-order valence-corrected chi connectivity index (χ3v) is 3.89. The molecular formula is C19H15ClF2N4O. The summed E-state index contributed by atoms with van der Waals surface area (Å²) in [6.45, 7) is 0.412. The smallest absolute Gasteiger partial charge is 0.270 e. The van der Waals surface area contributed by atoms with Gasteiger partial charge in [-0.2, -0.15) is 0 Å². The number of carbonyl (C=O) groups is 1. The van der Waals surface area contributed by atoms with E-state index in [2.05, 4.69) is 20.6 Å². The molecule has 0 fully saturated rings. The van der Waals surface area contributed by atoms with Gasteiger partial charge in [0.25, 0.3) is 5.91 Å². The first kappa shape index (κ1) is 18.7. The van der Waals surface area contributed by atoms with Crippen molar-refractivity contribution in [2.24, 2.45) is 0 Å². The first-order valence-corrected chi connectivity index (χ1v) is 8.47. The summed E-state index contributed by atoms with van der Waals surface area (Å²) in [4.78, 5) is 20.3. The van der Waals surface area contributed by atoms with E-state index in [0.717, 1.165) is 17.7 Å². The van der Waals surface area contributed by atoms with Gasteiger partial charge in [0, 0.05) is 29.5 Å². The number of halogens is 3. The van der Waals surface area contributed by atoms with Crippen molar-refractivity contribution >= 4 is 29.1 Å². The van der Waals surface area contributed by atoms with Gasteiger partial charge in [-0.1, -0.05) is 23.7 Å². The fourth-order valence-electron chi connectivity index (χ4n) is 2.35. The molecule has 5 nitrogen and oxygen atoms in total. The maximum Gasteiger partial charge on any atom is 0.270 e. The summed E-state index contributed by atoms with van der Waals surface area (Å²) in [7, 11) is 0. The van der Waals surface area contributed by atoms with Crippen LogP contribution in [0.15, 0.2) is 54.7 Å². The average Bonchev–Trinajstić information content (AvgIpc) is 2.65. The standard InChI is InChI=1S/C19H15ClF2N4O/c20-13-3-1-2-12(10-13)6-8-23-18(27)17-7-9-24-19(26-17)25-14-4-5-15(21)16(22)11-14/h1-5,7,9-11H,6,8H2,(H,23,27)(H,24,25,26). The van der Waals surface area contributed by atoms with Crippen molar-refractivity contribution in [1.29, 1.82) is 0 Å². The monoisotopic (exact) mass is 388 g/mol. The molecule has 2 aromatic carbocycles. The van der Waals surface area contributed by atoms with Gasteiger partial charge in [0.15, 0.2) is 11.6 Å². The zero-order valence-corrected chi connectivity index (χ0v) is 14.8. The molecule has 0 unspecified atom stereocenters. The highest BCUT2D eigenvalue weighted by atomic mass is 35.5. The summed E-state index contributed by atoms with van der Waals surface area (Å²) >= 11 is 5.93. The number of amides is 1. The number of benzene rings is 2. The maximum atomic E-state index is 13.3. The minimum Gasteiger partial charge on any atom is -0.350 e. The van der Waals surface area contributed by atoms with Crippen LogP contribution < -0.4 is 10.6 Å². The summed E-state index contributed by atoms with van der Waals surface area (Å²) in [5.74, 6) is -2.21. The zero-order chi connectivity index (χ0) is 19.2. The molecule has 138 valence electrons. The number of rotatable bonds is 6. The minimum absolute atomic E-state index is 0.100. The van der Waals surface area contributed by atoms with Crippen molar-refractivity contribution in [3.8, 4) is 0 Å². The van der Waals surface area contributed by atoms with Crippen molar-refractivity contribution in [2.75, 3.05) is 11.9 Å². The molecule has 0 aliphatic heterocycles. The van der Waals surface area contributed by atoms with E-state index in [1.165, 1.54) is 18.3 Å². The number of aromatic nitrogens is 2. The first-order valence-electron chi connectivity index (χ1n) is 8.09. The Hall–Kier alpha value is -3.06. The van der Waals surface area contributed by atoms with Gasteiger partial charge in [-0.15, -0.1) is 0 Å². The molecule has 0 bridgehead atoms. The van der Waals surface area contributed by atoms with Gasteiger partial charge in [-0.05, 0) is 42.3 Å².